The summed E-state index contributed by atoms with van der Waals surface area (Å²) < 4.78 is 10.2. The Kier molecular flexibility index (Phi) is 12.8. The van der Waals surface area contributed by atoms with Gasteiger partial charge in [-0.1, -0.05) is 6.42 Å². The molecule has 0 rings (SSSR count). The number of unbranched alkanes of at least 4 members (excludes halogenated alkanes) is 1. The number of amides is 2. The SMILES string of the molecule is CC(C)OC(=O)[C@@H](CO)CCCCC(NC=O)(NC=O)[C@H](CO)C(=O)OC(C)C. The van der Waals surface area contributed by atoms with Crippen LogP contribution in [0.5, 0.6) is 0 Å². The monoisotopic (exact) mass is 418 g/mol. The van der Waals surface area contributed by atoms with Crippen molar-refractivity contribution in [2.45, 2.75) is 71.2 Å². The molecule has 0 spiro atoms. The predicted molar refractivity (Wildman–Crippen MR) is 103 cm³/mol. The van der Waals surface area contributed by atoms with Crippen LogP contribution in [0.4, 0.5) is 0 Å². The Morgan fingerprint density at radius 1 is 0.897 bits per heavy atom. The molecule has 0 aliphatic rings. The van der Waals surface area contributed by atoms with Gasteiger partial charge < -0.3 is 30.3 Å². The summed E-state index contributed by atoms with van der Waals surface area (Å²) in [6.45, 7) is 5.67. The quantitative estimate of drug-likeness (QED) is 0.117. The minimum Gasteiger partial charge on any atom is -0.463 e. The zero-order valence-corrected chi connectivity index (χ0v) is 17.6. The molecule has 0 saturated heterocycles. The van der Waals surface area contributed by atoms with E-state index in [1.54, 1.807) is 27.7 Å². The average molecular weight is 418 g/mol. The summed E-state index contributed by atoms with van der Waals surface area (Å²) in [5.74, 6) is -3.18. The van der Waals surface area contributed by atoms with E-state index < -0.39 is 42.1 Å². The van der Waals surface area contributed by atoms with Gasteiger partial charge in [0.2, 0.25) is 12.8 Å². The molecule has 0 unspecified atom stereocenters. The van der Waals surface area contributed by atoms with Gasteiger partial charge in [0.15, 0.2) is 0 Å². The van der Waals surface area contributed by atoms with Crippen LogP contribution in [-0.4, -0.2) is 66.1 Å². The van der Waals surface area contributed by atoms with Crippen LogP contribution in [0.25, 0.3) is 0 Å². The van der Waals surface area contributed by atoms with Gasteiger partial charge in [-0.05, 0) is 47.0 Å². The number of esters is 2. The first kappa shape index (κ1) is 26.8. The maximum atomic E-state index is 12.4. The number of rotatable bonds is 16. The van der Waals surface area contributed by atoms with Crippen LogP contribution in [-0.2, 0) is 28.7 Å². The number of hydrogen-bond acceptors (Lipinski definition) is 8. The third-order valence-electron chi connectivity index (χ3n) is 4.33. The van der Waals surface area contributed by atoms with Crippen LogP contribution in [0.3, 0.4) is 0 Å². The molecule has 0 aromatic heterocycles. The maximum Gasteiger partial charge on any atom is 0.315 e. The maximum absolute atomic E-state index is 12.4. The second-order valence-corrected chi connectivity index (χ2v) is 7.33. The van der Waals surface area contributed by atoms with Crippen molar-refractivity contribution in [2.75, 3.05) is 13.2 Å². The zero-order valence-electron chi connectivity index (χ0n) is 17.6. The van der Waals surface area contributed by atoms with Crippen LogP contribution in [0, 0.1) is 11.8 Å². The highest BCUT2D eigenvalue weighted by molar-refractivity contribution is 5.76. The lowest BCUT2D eigenvalue weighted by Gasteiger charge is -2.38. The van der Waals surface area contributed by atoms with Crippen molar-refractivity contribution in [3.05, 3.63) is 0 Å². The van der Waals surface area contributed by atoms with Gasteiger partial charge in [-0.3, -0.25) is 19.2 Å². The number of aliphatic hydroxyl groups excluding tert-OH is 2. The molecular weight excluding hydrogens is 384 g/mol. The van der Waals surface area contributed by atoms with Gasteiger partial charge in [-0.2, -0.15) is 0 Å². The molecule has 29 heavy (non-hydrogen) atoms. The van der Waals surface area contributed by atoms with E-state index in [1.807, 2.05) is 0 Å². The fraction of sp³-hybridized carbons (Fsp3) is 0.789. The second-order valence-electron chi connectivity index (χ2n) is 7.33. The van der Waals surface area contributed by atoms with Crippen molar-refractivity contribution >= 4 is 24.8 Å². The second kappa shape index (κ2) is 13.9. The van der Waals surface area contributed by atoms with Crippen molar-refractivity contribution in [2.24, 2.45) is 11.8 Å². The van der Waals surface area contributed by atoms with Gasteiger partial charge in [-0.25, -0.2) is 0 Å². The van der Waals surface area contributed by atoms with Gasteiger partial charge in [0.25, 0.3) is 0 Å². The zero-order chi connectivity index (χ0) is 22.4. The Morgan fingerprint density at radius 2 is 1.41 bits per heavy atom. The number of carbonyl (C=O) groups excluding carboxylic acids is 4. The molecule has 2 atom stereocenters. The molecule has 0 bridgehead atoms. The number of hydrogen-bond donors (Lipinski definition) is 4. The van der Waals surface area contributed by atoms with Gasteiger partial charge in [0.1, 0.15) is 11.6 Å². The van der Waals surface area contributed by atoms with Crippen molar-refractivity contribution in [3.63, 3.8) is 0 Å². The minimum atomic E-state index is -1.54. The summed E-state index contributed by atoms with van der Waals surface area (Å²) in [6, 6.07) is 0. The van der Waals surface area contributed by atoms with E-state index in [9.17, 15) is 29.4 Å². The molecule has 0 heterocycles. The number of ether oxygens (including phenoxy) is 2. The summed E-state index contributed by atoms with van der Waals surface area (Å²) >= 11 is 0. The summed E-state index contributed by atoms with van der Waals surface area (Å²) in [4.78, 5) is 46.6. The Hall–Kier alpha value is -2.20. The van der Waals surface area contributed by atoms with Crippen LogP contribution >= 0.6 is 0 Å². The van der Waals surface area contributed by atoms with Crippen molar-refractivity contribution in [1.29, 1.82) is 0 Å². The Balaban J connectivity index is 5.18. The third-order valence-corrected chi connectivity index (χ3v) is 4.33. The fourth-order valence-electron chi connectivity index (χ4n) is 2.92. The van der Waals surface area contributed by atoms with E-state index in [-0.39, 0.29) is 19.1 Å². The molecule has 168 valence electrons. The molecule has 10 heteroatoms. The first-order valence-electron chi connectivity index (χ1n) is 9.72. The van der Waals surface area contributed by atoms with E-state index in [4.69, 9.17) is 9.47 Å². The highest BCUT2D eigenvalue weighted by atomic mass is 16.5. The van der Waals surface area contributed by atoms with Crippen LogP contribution < -0.4 is 10.6 Å². The number of nitrogens with one attached hydrogen (secondary N) is 2. The Morgan fingerprint density at radius 3 is 1.83 bits per heavy atom. The molecule has 2 amide bonds. The largest absolute Gasteiger partial charge is 0.463 e. The number of carbonyl (C=O) groups is 4. The molecule has 0 radical (unpaired) electrons. The summed E-state index contributed by atoms with van der Waals surface area (Å²) in [6.07, 6.45) is 1.16. The van der Waals surface area contributed by atoms with E-state index >= 15 is 0 Å². The van der Waals surface area contributed by atoms with E-state index in [0.717, 1.165) is 0 Å². The smallest absolute Gasteiger partial charge is 0.315 e. The summed E-state index contributed by atoms with van der Waals surface area (Å²) in [5, 5.41) is 24.0. The van der Waals surface area contributed by atoms with E-state index in [0.29, 0.717) is 32.1 Å². The van der Waals surface area contributed by atoms with Gasteiger partial charge in [0.05, 0.1) is 31.3 Å². The van der Waals surface area contributed by atoms with Crippen LogP contribution in [0.1, 0.15) is 53.4 Å². The van der Waals surface area contributed by atoms with E-state index in [1.165, 1.54) is 0 Å². The molecule has 0 aromatic carbocycles. The standard InChI is InChI=1S/C19H34N2O8/c1-13(2)28-17(26)15(9-22)7-5-6-8-19(20-11-24,21-12-25)16(10-23)18(27)29-14(3)4/h11-16,22-23H,5-10H2,1-4H3,(H,20,24)(H,21,25)/t15-,16-/m1/s1. The van der Waals surface area contributed by atoms with Crippen LogP contribution in [0.2, 0.25) is 0 Å². The minimum absolute atomic E-state index is 0.0975. The molecule has 0 aliphatic carbocycles. The van der Waals surface area contributed by atoms with E-state index in [2.05, 4.69) is 10.6 Å². The normalized spacial score (nSPS) is 13.5. The fourth-order valence-corrected chi connectivity index (χ4v) is 2.92. The molecule has 10 nitrogen and oxygen atoms in total. The van der Waals surface area contributed by atoms with Crippen molar-refractivity contribution < 1.29 is 38.9 Å². The molecule has 0 aliphatic heterocycles. The van der Waals surface area contributed by atoms with Gasteiger partial charge >= 0.3 is 11.9 Å². The highest BCUT2D eigenvalue weighted by Gasteiger charge is 2.43. The Bertz CT molecular complexity index is 514. The third kappa shape index (κ3) is 9.23. The van der Waals surface area contributed by atoms with Crippen molar-refractivity contribution in [1.82, 2.24) is 10.6 Å². The molecular formula is C19H34N2O8. The topological polar surface area (TPSA) is 151 Å². The predicted octanol–water partition coefficient (Wildman–Crippen LogP) is -0.145. The highest BCUT2D eigenvalue weighted by Crippen LogP contribution is 2.24. The molecule has 0 fully saturated rings. The van der Waals surface area contributed by atoms with Crippen molar-refractivity contribution in [3.8, 4) is 0 Å². The molecule has 4 N–H and O–H groups in total. The Labute approximate surface area is 171 Å². The van der Waals surface area contributed by atoms with Crippen LogP contribution in [0.15, 0.2) is 0 Å². The summed E-state index contributed by atoms with van der Waals surface area (Å²) in [7, 11) is 0. The lowest BCUT2D eigenvalue weighted by Crippen LogP contribution is -2.64. The summed E-state index contributed by atoms with van der Waals surface area (Å²) in [5.41, 5.74) is -1.54. The first-order chi connectivity index (χ1) is 13.7. The average Bonchev–Trinajstić information content (AvgIpc) is 2.61. The van der Waals surface area contributed by atoms with Gasteiger partial charge in [-0.15, -0.1) is 0 Å². The number of aliphatic hydroxyl groups is 2. The molecule has 0 aromatic rings. The van der Waals surface area contributed by atoms with Gasteiger partial charge in [0, 0.05) is 0 Å². The lowest BCUT2D eigenvalue weighted by molar-refractivity contribution is -0.159. The molecule has 0 saturated carbocycles. The lowest BCUT2D eigenvalue weighted by atomic mass is 9.87. The first-order valence-corrected chi connectivity index (χ1v) is 9.72.